The Kier molecular flexibility index (Phi) is 6.54. The topological polar surface area (TPSA) is 60.0 Å². The summed E-state index contributed by atoms with van der Waals surface area (Å²) in [6.07, 6.45) is 1.01. The first-order chi connectivity index (χ1) is 13.2. The zero-order valence-corrected chi connectivity index (χ0v) is 15.9. The zero-order valence-electron chi connectivity index (χ0n) is 15.9. The molecule has 0 radical (unpaired) electrons. The summed E-state index contributed by atoms with van der Waals surface area (Å²) in [7, 11) is 3.23. The van der Waals surface area contributed by atoms with Gasteiger partial charge in [-0.1, -0.05) is 0 Å². The van der Waals surface area contributed by atoms with Crippen LogP contribution in [0.2, 0.25) is 0 Å². The van der Waals surface area contributed by atoms with E-state index in [0.29, 0.717) is 12.8 Å². The average molecular weight is 370 g/mol. The van der Waals surface area contributed by atoms with E-state index in [4.69, 9.17) is 14.2 Å². The van der Waals surface area contributed by atoms with E-state index in [1.807, 2.05) is 42.5 Å². The maximum Gasteiger partial charge on any atom is 0.224 e. The van der Waals surface area contributed by atoms with Gasteiger partial charge < -0.3 is 24.4 Å². The number of amides is 1. The van der Waals surface area contributed by atoms with E-state index in [9.17, 15) is 4.79 Å². The summed E-state index contributed by atoms with van der Waals surface area (Å²) in [5.41, 5.74) is 2.96. The van der Waals surface area contributed by atoms with Gasteiger partial charge in [-0.15, -0.1) is 0 Å². The highest BCUT2D eigenvalue weighted by Gasteiger charge is 2.11. The molecule has 0 aliphatic carbocycles. The predicted octanol–water partition coefficient (Wildman–Crippen LogP) is 3.11. The van der Waals surface area contributed by atoms with Crippen LogP contribution in [0.15, 0.2) is 42.5 Å². The summed E-state index contributed by atoms with van der Waals surface area (Å²) in [4.78, 5) is 14.6. The van der Waals surface area contributed by atoms with Gasteiger partial charge in [0.1, 0.15) is 11.5 Å². The highest BCUT2D eigenvalue weighted by Crippen LogP contribution is 2.24. The van der Waals surface area contributed by atoms with Crippen molar-refractivity contribution in [1.82, 2.24) is 0 Å². The number of hydrogen-bond acceptors (Lipinski definition) is 5. The Morgan fingerprint density at radius 3 is 2.26 bits per heavy atom. The molecule has 3 rings (SSSR count). The van der Waals surface area contributed by atoms with Gasteiger partial charge in [-0.05, 0) is 48.4 Å². The number of methoxy groups -OCH3 is 2. The van der Waals surface area contributed by atoms with Crippen molar-refractivity contribution in [2.45, 2.75) is 12.8 Å². The van der Waals surface area contributed by atoms with Crippen LogP contribution in [0, 0.1) is 0 Å². The van der Waals surface area contributed by atoms with Crippen LogP contribution >= 0.6 is 0 Å². The largest absolute Gasteiger partial charge is 0.497 e. The molecular weight excluding hydrogens is 344 g/mol. The summed E-state index contributed by atoms with van der Waals surface area (Å²) < 4.78 is 15.9. The minimum absolute atomic E-state index is 0.0177. The number of carbonyl (C=O) groups is 1. The molecule has 27 heavy (non-hydrogen) atoms. The van der Waals surface area contributed by atoms with E-state index in [-0.39, 0.29) is 5.91 Å². The molecule has 0 spiro atoms. The summed E-state index contributed by atoms with van der Waals surface area (Å²) in [6, 6.07) is 13.6. The molecule has 144 valence electrons. The summed E-state index contributed by atoms with van der Waals surface area (Å²) in [5, 5.41) is 2.95. The standard InChI is InChI=1S/C21H26N2O4/c1-25-19-13-16(14-20(15-19)26-2)3-8-21(24)22-17-4-6-18(7-5-17)23-9-11-27-12-10-23/h4-7,13-15H,3,8-12H2,1-2H3,(H,22,24). The third kappa shape index (κ3) is 5.37. The molecule has 6 heteroatoms. The van der Waals surface area contributed by atoms with Crippen molar-refractivity contribution < 1.29 is 19.0 Å². The molecule has 0 unspecified atom stereocenters. The molecule has 0 aromatic heterocycles. The van der Waals surface area contributed by atoms with Gasteiger partial charge in [-0.2, -0.15) is 0 Å². The second kappa shape index (κ2) is 9.28. The van der Waals surface area contributed by atoms with E-state index in [0.717, 1.165) is 54.7 Å². The SMILES string of the molecule is COc1cc(CCC(=O)Nc2ccc(N3CCOCC3)cc2)cc(OC)c1. The van der Waals surface area contributed by atoms with Gasteiger partial charge in [0.15, 0.2) is 0 Å². The monoisotopic (exact) mass is 370 g/mol. The number of ether oxygens (including phenoxy) is 3. The number of carbonyl (C=O) groups excluding carboxylic acids is 1. The number of morpholine rings is 1. The number of nitrogens with zero attached hydrogens (tertiary/aromatic N) is 1. The first-order valence-corrected chi connectivity index (χ1v) is 9.12. The maximum absolute atomic E-state index is 12.3. The lowest BCUT2D eigenvalue weighted by Gasteiger charge is -2.28. The lowest BCUT2D eigenvalue weighted by molar-refractivity contribution is -0.116. The van der Waals surface area contributed by atoms with E-state index < -0.39 is 0 Å². The summed E-state index contributed by atoms with van der Waals surface area (Å²) >= 11 is 0. The maximum atomic E-state index is 12.3. The first-order valence-electron chi connectivity index (χ1n) is 9.12. The molecule has 0 atom stereocenters. The minimum atomic E-state index is -0.0177. The van der Waals surface area contributed by atoms with Crippen molar-refractivity contribution in [1.29, 1.82) is 0 Å². The van der Waals surface area contributed by atoms with Crippen molar-refractivity contribution in [3.63, 3.8) is 0 Å². The molecule has 1 heterocycles. The zero-order chi connectivity index (χ0) is 19.1. The summed E-state index contributed by atoms with van der Waals surface area (Å²) in [6.45, 7) is 3.31. The van der Waals surface area contributed by atoms with Gasteiger partial charge in [0.05, 0.1) is 27.4 Å². The van der Waals surface area contributed by atoms with E-state index in [2.05, 4.69) is 10.2 Å². The fraction of sp³-hybridized carbons (Fsp3) is 0.381. The van der Waals surface area contributed by atoms with Crippen molar-refractivity contribution in [2.75, 3.05) is 50.7 Å². The Labute approximate surface area is 160 Å². The molecule has 1 N–H and O–H groups in total. The Morgan fingerprint density at radius 1 is 1.04 bits per heavy atom. The number of aryl methyl sites for hydroxylation is 1. The van der Waals surface area contributed by atoms with Gasteiger partial charge >= 0.3 is 0 Å². The van der Waals surface area contributed by atoms with Crippen LogP contribution in [-0.4, -0.2) is 46.4 Å². The van der Waals surface area contributed by atoms with Gasteiger partial charge in [-0.25, -0.2) is 0 Å². The van der Waals surface area contributed by atoms with Gasteiger partial charge in [0.2, 0.25) is 5.91 Å². The normalized spacial score (nSPS) is 13.9. The van der Waals surface area contributed by atoms with Crippen molar-refractivity contribution >= 4 is 17.3 Å². The summed E-state index contributed by atoms with van der Waals surface area (Å²) in [5.74, 6) is 1.43. The van der Waals surface area contributed by atoms with Crippen LogP contribution in [0.3, 0.4) is 0 Å². The third-order valence-corrected chi connectivity index (χ3v) is 4.58. The molecule has 1 aliphatic rings. The first kappa shape index (κ1) is 19.0. The van der Waals surface area contributed by atoms with Gasteiger partial charge in [0.25, 0.3) is 0 Å². The number of hydrogen-bond donors (Lipinski definition) is 1. The minimum Gasteiger partial charge on any atom is -0.497 e. The number of nitrogens with one attached hydrogen (secondary N) is 1. The molecule has 1 aliphatic heterocycles. The number of anilines is 2. The van der Waals surface area contributed by atoms with Crippen LogP contribution in [-0.2, 0) is 16.0 Å². The quantitative estimate of drug-likeness (QED) is 0.812. The fourth-order valence-electron chi connectivity index (χ4n) is 3.07. The lowest BCUT2D eigenvalue weighted by Crippen LogP contribution is -2.36. The molecular formula is C21H26N2O4. The van der Waals surface area contributed by atoms with Gasteiger partial charge in [0, 0.05) is 37.0 Å². The van der Waals surface area contributed by atoms with E-state index >= 15 is 0 Å². The van der Waals surface area contributed by atoms with E-state index in [1.165, 1.54) is 0 Å². The van der Waals surface area contributed by atoms with Crippen LogP contribution in [0.25, 0.3) is 0 Å². The molecule has 1 amide bonds. The molecule has 6 nitrogen and oxygen atoms in total. The molecule has 1 saturated heterocycles. The second-order valence-electron chi connectivity index (χ2n) is 6.42. The van der Waals surface area contributed by atoms with Crippen molar-refractivity contribution in [3.8, 4) is 11.5 Å². The predicted molar refractivity (Wildman–Crippen MR) is 106 cm³/mol. The number of rotatable bonds is 7. The Morgan fingerprint density at radius 2 is 1.67 bits per heavy atom. The molecule has 2 aromatic carbocycles. The van der Waals surface area contributed by atoms with Crippen LogP contribution in [0.1, 0.15) is 12.0 Å². The lowest BCUT2D eigenvalue weighted by atomic mass is 10.1. The van der Waals surface area contributed by atoms with Crippen molar-refractivity contribution in [3.05, 3.63) is 48.0 Å². The average Bonchev–Trinajstić information content (AvgIpc) is 2.73. The molecule has 0 saturated carbocycles. The molecule has 0 bridgehead atoms. The van der Waals surface area contributed by atoms with Crippen LogP contribution in [0.4, 0.5) is 11.4 Å². The molecule has 2 aromatic rings. The second-order valence-corrected chi connectivity index (χ2v) is 6.42. The van der Waals surface area contributed by atoms with E-state index in [1.54, 1.807) is 14.2 Å². The highest BCUT2D eigenvalue weighted by molar-refractivity contribution is 5.91. The van der Waals surface area contributed by atoms with Crippen LogP contribution < -0.4 is 19.7 Å². The number of benzene rings is 2. The highest BCUT2D eigenvalue weighted by atomic mass is 16.5. The fourth-order valence-corrected chi connectivity index (χ4v) is 3.07. The smallest absolute Gasteiger partial charge is 0.224 e. The Bertz CT molecular complexity index is 733. The van der Waals surface area contributed by atoms with Gasteiger partial charge in [-0.3, -0.25) is 4.79 Å². The van der Waals surface area contributed by atoms with Crippen LogP contribution in [0.5, 0.6) is 11.5 Å². The Hall–Kier alpha value is -2.73. The Balaban J connectivity index is 1.53. The van der Waals surface area contributed by atoms with Crippen molar-refractivity contribution in [2.24, 2.45) is 0 Å². The third-order valence-electron chi connectivity index (χ3n) is 4.58. The molecule has 1 fully saturated rings.